The first-order valence-corrected chi connectivity index (χ1v) is 9.19. The minimum absolute atomic E-state index is 0.0907. The van der Waals surface area contributed by atoms with Gasteiger partial charge in [-0.05, 0) is 67.1 Å². The number of halogens is 1. The highest BCUT2D eigenvalue weighted by Gasteiger charge is 2.08. The van der Waals surface area contributed by atoms with Gasteiger partial charge in [0.05, 0.1) is 4.90 Å². The van der Waals surface area contributed by atoms with Crippen molar-refractivity contribution in [2.24, 2.45) is 0 Å². The molecule has 0 atom stereocenters. The molecule has 4 nitrogen and oxygen atoms in total. The van der Waals surface area contributed by atoms with E-state index in [1.54, 1.807) is 24.3 Å². The van der Waals surface area contributed by atoms with E-state index in [9.17, 15) is 12.8 Å². The Bertz CT molecular complexity index is 946. The molecule has 126 valence electrons. The van der Waals surface area contributed by atoms with Crippen LogP contribution in [0.5, 0.6) is 0 Å². The van der Waals surface area contributed by atoms with E-state index in [4.69, 9.17) is 4.55 Å². The quantitative estimate of drug-likeness (QED) is 0.520. The lowest BCUT2D eigenvalue weighted by Gasteiger charge is -2.03. The molecular formula is C18H18FNO3S. The molecule has 0 saturated heterocycles. The van der Waals surface area contributed by atoms with Crippen LogP contribution in [0.25, 0.3) is 10.9 Å². The van der Waals surface area contributed by atoms with Gasteiger partial charge >= 0.3 is 0 Å². The van der Waals surface area contributed by atoms with Crippen molar-refractivity contribution in [2.75, 3.05) is 0 Å². The average molecular weight is 347 g/mol. The summed E-state index contributed by atoms with van der Waals surface area (Å²) in [7, 11) is -4.13. The fourth-order valence-corrected chi connectivity index (χ4v) is 3.31. The second-order valence-corrected chi connectivity index (χ2v) is 7.25. The van der Waals surface area contributed by atoms with E-state index in [1.807, 2.05) is 6.20 Å². The minimum atomic E-state index is -4.13. The molecule has 0 fully saturated rings. The molecule has 1 heterocycles. The van der Waals surface area contributed by atoms with Crippen molar-refractivity contribution >= 4 is 21.0 Å². The van der Waals surface area contributed by atoms with Crippen LogP contribution in [0.3, 0.4) is 0 Å². The molecule has 0 aliphatic heterocycles. The number of hydrogen-bond donors (Lipinski definition) is 2. The topological polar surface area (TPSA) is 70.2 Å². The molecule has 0 aliphatic rings. The van der Waals surface area contributed by atoms with Crippen LogP contribution in [-0.2, 0) is 23.0 Å². The monoisotopic (exact) mass is 347 g/mol. The van der Waals surface area contributed by atoms with E-state index in [0.717, 1.165) is 47.7 Å². The third-order valence-corrected chi connectivity index (χ3v) is 4.98. The maximum Gasteiger partial charge on any atom is 0.294 e. The zero-order valence-electron chi connectivity index (χ0n) is 13.0. The molecule has 0 unspecified atom stereocenters. The van der Waals surface area contributed by atoms with Crippen molar-refractivity contribution in [3.8, 4) is 0 Å². The first-order valence-electron chi connectivity index (χ1n) is 7.75. The minimum Gasteiger partial charge on any atom is -0.361 e. The first kappa shape index (κ1) is 16.7. The summed E-state index contributed by atoms with van der Waals surface area (Å²) in [5.41, 5.74) is 3.06. The summed E-state index contributed by atoms with van der Waals surface area (Å²) in [4.78, 5) is 3.06. The van der Waals surface area contributed by atoms with Gasteiger partial charge in [-0.3, -0.25) is 4.55 Å². The van der Waals surface area contributed by atoms with Gasteiger partial charge in [-0.1, -0.05) is 12.1 Å². The number of aryl methyl sites for hydroxylation is 2. The fraction of sp³-hybridized carbons (Fsp3) is 0.222. The largest absolute Gasteiger partial charge is 0.361 e. The highest BCUT2D eigenvalue weighted by molar-refractivity contribution is 7.85. The van der Waals surface area contributed by atoms with E-state index in [2.05, 4.69) is 4.98 Å². The fourth-order valence-electron chi connectivity index (χ4n) is 2.83. The standard InChI is InChI=1S/C18H18FNO3S/c19-15-7-10-18-17(11-15)14(12-20-18)4-2-1-3-13-5-8-16(9-6-13)24(21,22)23/h5-12,20H,1-4H2,(H,21,22,23). The SMILES string of the molecule is O=S(=O)(O)c1ccc(CCCCc2c[nH]c3ccc(F)cc23)cc1. The Morgan fingerprint density at radius 2 is 1.71 bits per heavy atom. The maximum absolute atomic E-state index is 13.3. The van der Waals surface area contributed by atoms with Gasteiger partial charge in [0, 0.05) is 17.1 Å². The normalized spacial score (nSPS) is 11.9. The zero-order valence-corrected chi connectivity index (χ0v) is 13.8. The number of unbranched alkanes of at least 4 members (excludes halogenated alkanes) is 1. The van der Waals surface area contributed by atoms with Gasteiger partial charge in [-0.15, -0.1) is 0 Å². The van der Waals surface area contributed by atoms with Gasteiger partial charge in [0.15, 0.2) is 0 Å². The number of aromatic nitrogens is 1. The Hall–Kier alpha value is -2.18. The molecule has 0 bridgehead atoms. The molecular weight excluding hydrogens is 329 g/mol. The Labute approximate surface area is 140 Å². The Balaban J connectivity index is 1.56. The lowest BCUT2D eigenvalue weighted by atomic mass is 10.0. The van der Waals surface area contributed by atoms with Crippen LogP contribution in [0.15, 0.2) is 53.6 Å². The first-order chi connectivity index (χ1) is 11.4. The van der Waals surface area contributed by atoms with Crippen LogP contribution in [0.4, 0.5) is 4.39 Å². The number of benzene rings is 2. The number of rotatable bonds is 6. The van der Waals surface area contributed by atoms with E-state index in [-0.39, 0.29) is 10.7 Å². The molecule has 2 N–H and O–H groups in total. The molecule has 0 radical (unpaired) electrons. The molecule has 0 amide bonds. The van der Waals surface area contributed by atoms with E-state index < -0.39 is 10.1 Å². The second kappa shape index (κ2) is 6.75. The smallest absolute Gasteiger partial charge is 0.294 e. The molecule has 6 heteroatoms. The number of H-pyrrole nitrogens is 1. The van der Waals surface area contributed by atoms with Crippen molar-refractivity contribution in [1.82, 2.24) is 4.98 Å². The van der Waals surface area contributed by atoms with Gasteiger partial charge in [-0.2, -0.15) is 8.42 Å². The van der Waals surface area contributed by atoms with Crippen LogP contribution < -0.4 is 0 Å². The summed E-state index contributed by atoms with van der Waals surface area (Å²) < 4.78 is 44.3. The van der Waals surface area contributed by atoms with E-state index >= 15 is 0 Å². The summed E-state index contributed by atoms with van der Waals surface area (Å²) in [6, 6.07) is 11.0. The summed E-state index contributed by atoms with van der Waals surface area (Å²) in [5, 5.41) is 0.924. The number of fused-ring (bicyclic) bond motifs is 1. The van der Waals surface area contributed by atoms with Crippen LogP contribution in [0.2, 0.25) is 0 Å². The third-order valence-electron chi connectivity index (χ3n) is 4.11. The van der Waals surface area contributed by atoms with Crippen LogP contribution in [0.1, 0.15) is 24.0 Å². The molecule has 3 aromatic rings. The lowest BCUT2D eigenvalue weighted by Crippen LogP contribution is -1.98. The van der Waals surface area contributed by atoms with Gasteiger partial charge in [-0.25, -0.2) is 4.39 Å². The van der Waals surface area contributed by atoms with Gasteiger partial charge < -0.3 is 4.98 Å². The van der Waals surface area contributed by atoms with E-state index in [0.29, 0.717) is 0 Å². The highest BCUT2D eigenvalue weighted by Crippen LogP contribution is 2.21. The van der Waals surface area contributed by atoms with Crippen molar-refractivity contribution in [3.05, 3.63) is 65.6 Å². The summed E-state index contributed by atoms with van der Waals surface area (Å²) in [6.45, 7) is 0. The second-order valence-electron chi connectivity index (χ2n) is 5.83. The van der Waals surface area contributed by atoms with Crippen molar-refractivity contribution < 1.29 is 17.4 Å². The highest BCUT2D eigenvalue weighted by atomic mass is 32.2. The molecule has 0 spiro atoms. The number of aromatic amines is 1. The molecule has 2 aromatic carbocycles. The zero-order chi connectivity index (χ0) is 17.2. The summed E-state index contributed by atoms with van der Waals surface area (Å²) >= 11 is 0. The third kappa shape index (κ3) is 3.83. The summed E-state index contributed by atoms with van der Waals surface area (Å²) in [5.74, 6) is -0.234. The van der Waals surface area contributed by atoms with E-state index in [1.165, 1.54) is 18.2 Å². The Kier molecular flexibility index (Phi) is 4.69. The van der Waals surface area contributed by atoms with Crippen LogP contribution in [-0.4, -0.2) is 18.0 Å². The molecule has 24 heavy (non-hydrogen) atoms. The van der Waals surface area contributed by atoms with Crippen molar-refractivity contribution in [1.29, 1.82) is 0 Å². The van der Waals surface area contributed by atoms with Crippen molar-refractivity contribution in [2.45, 2.75) is 30.6 Å². The number of hydrogen-bond acceptors (Lipinski definition) is 2. The Morgan fingerprint density at radius 3 is 2.42 bits per heavy atom. The Morgan fingerprint density at radius 1 is 1.00 bits per heavy atom. The molecule has 0 aliphatic carbocycles. The molecule has 0 saturated carbocycles. The van der Waals surface area contributed by atoms with Crippen molar-refractivity contribution in [3.63, 3.8) is 0 Å². The van der Waals surface area contributed by atoms with Gasteiger partial charge in [0.2, 0.25) is 0 Å². The van der Waals surface area contributed by atoms with Crippen LogP contribution in [0, 0.1) is 5.82 Å². The predicted molar refractivity (Wildman–Crippen MR) is 91.2 cm³/mol. The summed E-state index contributed by atoms with van der Waals surface area (Å²) in [6.07, 6.45) is 5.48. The van der Waals surface area contributed by atoms with Crippen LogP contribution >= 0.6 is 0 Å². The number of nitrogens with one attached hydrogen (secondary N) is 1. The lowest BCUT2D eigenvalue weighted by molar-refractivity contribution is 0.483. The maximum atomic E-state index is 13.3. The van der Waals surface area contributed by atoms with Gasteiger partial charge in [0.1, 0.15) is 5.82 Å². The van der Waals surface area contributed by atoms with Gasteiger partial charge in [0.25, 0.3) is 10.1 Å². The molecule has 1 aromatic heterocycles. The molecule has 3 rings (SSSR count). The predicted octanol–water partition coefficient (Wildman–Crippen LogP) is 4.12. The average Bonchev–Trinajstić information content (AvgIpc) is 2.93.